The van der Waals surface area contributed by atoms with E-state index in [1.54, 1.807) is 42.5 Å². The molecule has 0 unspecified atom stereocenters. The molecule has 0 saturated carbocycles. The van der Waals surface area contributed by atoms with E-state index in [1.807, 2.05) is 61.5 Å². The van der Waals surface area contributed by atoms with Crippen LogP contribution in [0.1, 0.15) is 16.7 Å². The SMILES string of the molecule is CNC(=O)[C@@H](Cc1ccccc1)N(Cc1ccc(C)cc1)C(=O)CN(c1ccccc1OC)S(=O)(=O)c1ccccc1. The highest BCUT2D eigenvalue weighted by molar-refractivity contribution is 7.92. The number of ether oxygens (including phenoxy) is 1. The van der Waals surface area contributed by atoms with Gasteiger partial charge in [-0.05, 0) is 42.3 Å². The van der Waals surface area contributed by atoms with E-state index in [1.165, 1.54) is 31.2 Å². The Balaban J connectivity index is 1.80. The van der Waals surface area contributed by atoms with Crippen molar-refractivity contribution in [3.63, 3.8) is 0 Å². The van der Waals surface area contributed by atoms with Crippen molar-refractivity contribution in [1.82, 2.24) is 10.2 Å². The minimum atomic E-state index is -4.20. The number of anilines is 1. The van der Waals surface area contributed by atoms with Crippen LogP contribution in [0.4, 0.5) is 5.69 Å². The Morgan fingerprint density at radius 1 is 0.810 bits per heavy atom. The summed E-state index contributed by atoms with van der Waals surface area (Å²) in [6.07, 6.45) is 0.248. The number of methoxy groups -OCH3 is 1. The average molecular weight is 586 g/mol. The molecule has 4 rings (SSSR count). The highest BCUT2D eigenvalue weighted by atomic mass is 32.2. The van der Waals surface area contributed by atoms with E-state index in [2.05, 4.69) is 5.32 Å². The summed E-state index contributed by atoms with van der Waals surface area (Å²) in [5.41, 5.74) is 2.95. The van der Waals surface area contributed by atoms with E-state index in [0.717, 1.165) is 21.0 Å². The molecule has 0 aliphatic carbocycles. The van der Waals surface area contributed by atoms with Gasteiger partial charge in [0.2, 0.25) is 11.8 Å². The number of likely N-dealkylation sites (N-methyl/N-ethyl adjacent to an activating group) is 1. The van der Waals surface area contributed by atoms with Gasteiger partial charge in [-0.2, -0.15) is 0 Å². The van der Waals surface area contributed by atoms with Crippen LogP contribution in [0.5, 0.6) is 5.75 Å². The molecule has 0 fully saturated rings. The zero-order valence-corrected chi connectivity index (χ0v) is 24.8. The van der Waals surface area contributed by atoms with Crippen molar-refractivity contribution in [3.05, 3.63) is 126 Å². The lowest BCUT2D eigenvalue weighted by Crippen LogP contribution is -2.53. The number of para-hydroxylation sites is 2. The monoisotopic (exact) mass is 585 g/mol. The van der Waals surface area contributed by atoms with Crippen molar-refractivity contribution in [2.75, 3.05) is 25.0 Å². The molecule has 42 heavy (non-hydrogen) atoms. The summed E-state index contributed by atoms with van der Waals surface area (Å²) in [7, 11) is -1.23. The first-order valence-corrected chi connectivity index (χ1v) is 15.0. The molecule has 0 bridgehead atoms. The highest BCUT2D eigenvalue weighted by Gasteiger charge is 2.35. The Kier molecular flexibility index (Phi) is 9.98. The summed E-state index contributed by atoms with van der Waals surface area (Å²) in [5, 5.41) is 2.69. The molecule has 0 aliphatic rings. The molecule has 0 aromatic heterocycles. The van der Waals surface area contributed by atoms with Gasteiger partial charge in [0.25, 0.3) is 10.0 Å². The Morgan fingerprint density at radius 2 is 1.40 bits per heavy atom. The number of rotatable bonds is 12. The van der Waals surface area contributed by atoms with Crippen LogP contribution in [0.15, 0.2) is 114 Å². The average Bonchev–Trinajstić information content (AvgIpc) is 3.02. The predicted octanol–water partition coefficient (Wildman–Crippen LogP) is 4.59. The number of carbonyl (C=O) groups excluding carboxylic acids is 2. The van der Waals surface area contributed by atoms with E-state index in [-0.39, 0.29) is 29.5 Å². The van der Waals surface area contributed by atoms with Crippen LogP contribution >= 0.6 is 0 Å². The van der Waals surface area contributed by atoms with Gasteiger partial charge in [0.1, 0.15) is 18.3 Å². The van der Waals surface area contributed by atoms with Crippen LogP contribution in [-0.4, -0.2) is 51.9 Å². The second kappa shape index (κ2) is 13.8. The molecule has 0 radical (unpaired) electrons. The normalized spacial score (nSPS) is 11.8. The largest absolute Gasteiger partial charge is 0.495 e. The summed E-state index contributed by atoms with van der Waals surface area (Å²) in [4.78, 5) is 29.1. The minimum absolute atomic E-state index is 0.0286. The maximum absolute atomic E-state index is 14.3. The van der Waals surface area contributed by atoms with Crippen molar-refractivity contribution < 1.29 is 22.7 Å². The van der Waals surface area contributed by atoms with E-state index in [4.69, 9.17) is 4.74 Å². The molecular formula is C33H35N3O5S. The number of amides is 2. The van der Waals surface area contributed by atoms with Crippen molar-refractivity contribution >= 4 is 27.5 Å². The summed E-state index contributed by atoms with van der Waals surface area (Å²) >= 11 is 0. The smallest absolute Gasteiger partial charge is 0.264 e. The van der Waals surface area contributed by atoms with Gasteiger partial charge in [0.05, 0.1) is 17.7 Å². The van der Waals surface area contributed by atoms with Crippen LogP contribution in [0.3, 0.4) is 0 Å². The number of sulfonamides is 1. The molecule has 8 nitrogen and oxygen atoms in total. The third kappa shape index (κ3) is 7.16. The topological polar surface area (TPSA) is 96.0 Å². The third-order valence-electron chi connectivity index (χ3n) is 6.95. The fraction of sp³-hybridized carbons (Fsp3) is 0.212. The number of hydrogen-bond acceptors (Lipinski definition) is 5. The van der Waals surface area contributed by atoms with Gasteiger partial charge in [-0.3, -0.25) is 13.9 Å². The van der Waals surface area contributed by atoms with Crippen LogP contribution in [0, 0.1) is 6.92 Å². The van der Waals surface area contributed by atoms with Gasteiger partial charge < -0.3 is 15.0 Å². The Hall–Kier alpha value is -4.63. The summed E-state index contributed by atoms with van der Waals surface area (Å²) in [6.45, 7) is 1.52. The zero-order valence-electron chi connectivity index (χ0n) is 23.9. The molecule has 0 saturated heterocycles. The van der Waals surface area contributed by atoms with Crippen molar-refractivity contribution in [3.8, 4) is 5.75 Å². The molecule has 2 amide bonds. The number of hydrogen-bond donors (Lipinski definition) is 1. The standard InChI is InChI=1S/C33H35N3O5S/c1-25-18-20-27(21-19-25)23-35(30(33(38)34-2)22-26-12-6-4-7-13-26)32(37)24-36(29-16-10-11-17-31(29)41-3)42(39,40)28-14-8-5-9-15-28/h4-21,30H,22-24H2,1-3H3,(H,34,38)/t30-/m1/s1. The number of nitrogens with zero attached hydrogens (tertiary/aromatic N) is 2. The lowest BCUT2D eigenvalue weighted by molar-refractivity contribution is -0.139. The number of aryl methyl sites for hydroxylation is 1. The quantitative estimate of drug-likeness (QED) is 0.263. The van der Waals surface area contributed by atoms with Gasteiger partial charge in [-0.15, -0.1) is 0 Å². The van der Waals surface area contributed by atoms with Gasteiger partial charge in [0.15, 0.2) is 0 Å². The van der Waals surface area contributed by atoms with E-state index < -0.39 is 28.5 Å². The first-order valence-electron chi connectivity index (χ1n) is 13.6. The van der Waals surface area contributed by atoms with Gasteiger partial charge in [0, 0.05) is 20.0 Å². The van der Waals surface area contributed by atoms with E-state index >= 15 is 0 Å². The molecule has 0 aliphatic heterocycles. The molecule has 218 valence electrons. The van der Waals surface area contributed by atoms with Crippen LogP contribution < -0.4 is 14.4 Å². The second-order valence-electron chi connectivity index (χ2n) is 9.82. The zero-order chi connectivity index (χ0) is 30.1. The predicted molar refractivity (Wildman–Crippen MR) is 164 cm³/mol. The molecule has 0 spiro atoms. The Labute approximate surface area is 247 Å². The molecule has 1 atom stereocenters. The second-order valence-corrected chi connectivity index (χ2v) is 11.7. The molecule has 9 heteroatoms. The van der Waals surface area contributed by atoms with Crippen molar-refractivity contribution in [2.24, 2.45) is 0 Å². The summed E-state index contributed by atoms with van der Waals surface area (Å²) < 4.78 is 34.6. The maximum atomic E-state index is 14.3. The first kappa shape index (κ1) is 30.3. The first-order chi connectivity index (χ1) is 20.2. The summed E-state index contributed by atoms with van der Waals surface area (Å²) in [6, 6.07) is 30.8. The fourth-order valence-electron chi connectivity index (χ4n) is 4.68. The summed E-state index contributed by atoms with van der Waals surface area (Å²) in [5.74, 6) is -0.596. The van der Waals surface area contributed by atoms with E-state index in [0.29, 0.717) is 5.75 Å². The van der Waals surface area contributed by atoms with Crippen molar-refractivity contribution in [1.29, 1.82) is 0 Å². The Morgan fingerprint density at radius 3 is 2.02 bits per heavy atom. The van der Waals surface area contributed by atoms with Crippen LogP contribution in [-0.2, 0) is 32.6 Å². The number of nitrogens with one attached hydrogen (secondary N) is 1. The molecule has 4 aromatic carbocycles. The number of carbonyl (C=O) groups is 2. The lowest BCUT2D eigenvalue weighted by Gasteiger charge is -2.34. The molecule has 0 heterocycles. The lowest BCUT2D eigenvalue weighted by atomic mass is 10.0. The van der Waals surface area contributed by atoms with Gasteiger partial charge in [-0.25, -0.2) is 8.42 Å². The maximum Gasteiger partial charge on any atom is 0.264 e. The van der Waals surface area contributed by atoms with Gasteiger partial charge in [-0.1, -0.05) is 90.5 Å². The van der Waals surface area contributed by atoms with Gasteiger partial charge >= 0.3 is 0 Å². The van der Waals surface area contributed by atoms with Crippen LogP contribution in [0.25, 0.3) is 0 Å². The third-order valence-corrected chi connectivity index (χ3v) is 8.73. The molecular weight excluding hydrogens is 550 g/mol. The van der Waals surface area contributed by atoms with Crippen molar-refractivity contribution in [2.45, 2.75) is 30.8 Å². The molecule has 4 aromatic rings. The number of benzene rings is 4. The minimum Gasteiger partial charge on any atom is -0.495 e. The fourth-order valence-corrected chi connectivity index (χ4v) is 6.13. The van der Waals surface area contributed by atoms with Crippen LogP contribution in [0.2, 0.25) is 0 Å². The van der Waals surface area contributed by atoms with E-state index in [9.17, 15) is 18.0 Å². The Bertz CT molecular complexity index is 1590. The highest BCUT2D eigenvalue weighted by Crippen LogP contribution is 2.32. The molecule has 1 N–H and O–H groups in total.